The number of rotatable bonds is 5. The van der Waals surface area contributed by atoms with Gasteiger partial charge in [0.15, 0.2) is 10.9 Å². The quantitative estimate of drug-likeness (QED) is 0.328. The Hall–Kier alpha value is -2.69. The predicted molar refractivity (Wildman–Crippen MR) is 126 cm³/mol. The molecule has 1 N–H and O–H groups in total. The number of anilines is 2. The molecule has 0 aliphatic heterocycles. The maximum absolute atomic E-state index is 12.6. The normalized spacial score (nSPS) is 14.3. The van der Waals surface area contributed by atoms with E-state index in [1.54, 1.807) is 11.3 Å². The fraction of sp³-hybridized carbons (Fsp3) is 0.200. The first-order valence-electron chi connectivity index (χ1n) is 10.2. The molecule has 1 saturated carbocycles. The summed E-state index contributed by atoms with van der Waals surface area (Å²) in [5.41, 5.74) is 4.95. The average molecular weight is 433 g/mol. The summed E-state index contributed by atoms with van der Waals surface area (Å²) in [5, 5.41) is 4.90. The minimum atomic E-state index is 0.222. The molecule has 4 aromatic rings. The van der Waals surface area contributed by atoms with E-state index in [0.29, 0.717) is 10.8 Å². The number of thiazole rings is 1. The summed E-state index contributed by atoms with van der Waals surface area (Å²) < 4.78 is 1.10. The van der Waals surface area contributed by atoms with Crippen LogP contribution in [0, 0.1) is 5.92 Å². The number of halogens is 1. The van der Waals surface area contributed by atoms with Crippen molar-refractivity contribution < 1.29 is 4.79 Å². The largest absolute Gasteiger partial charge is 0.332 e. The molecule has 3 nitrogen and oxygen atoms in total. The summed E-state index contributed by atoms with van der Waals surface area (Å²) in [6, 6.07) is 22.0. The lowest BCUT2D eigenvalue weighted by Gasteiger charge is -2.09. The Morgan fingerprint density at radius 3 is 2.30 bits per heavy atom. The standard InChI is InChI=1S/C25H21ClN2OS/c26-20-11-14-23-22(15-20)28-25(30-23)27-21-12-9-17(10-13-21)16-5-7-19(8-6-16)24(29)18-3-1-2-4-18/h5-15,18H,1-4H2,(H,27,28). The molecule has 0 bridgehead atoms. The van der Waals surface area contributed by atoms with Gasteiger partial charge >= 0.3 is 0 Å². The highest BCUT2D eigenvalue weighted by atomic mass is 35.5. The molecule has 1 aromatic heterocycles. The van der Waals surface area contributed by atoms with Crippen molar-refractivity contribution in [2.75, 3.05) is 5.32 Å². The van der Waals surface area contributed by atoms with Gasteiger partial charge in [-0.2, -0.15) is 0 Å². The number of hydrogen-bond donors (Lipinski definition) is 1. The van der Waals surface area contributed by atoms with Crippen molar-refractivity contribution in [2.45, 2.75) is 25.7 Å². The fourth-order valence-electron chi connectivity index (χ4n) is 4.07. The van der Waals surface area contributed by atoms with Crippen molar-refractivity contribution in [1.82, 2.24) is 4.98 Å². The fourth-order valence-corrected chi connectivity index (χ4v) is 5.11. The van der Waals surface area contributed by atoms with Gasteiger partial charge in [0.1, 0.15) is 0 Å². The molecule has 1 heterocycles. The Labute approximate surface area is 184 Å². The van der Waals surface area contributed by atoms with E-state index in [9.17, 15) is 4.79 Å². The van der Waals surface area contributed by atoms with Crippen LogP contribution >= 0.6 is 22.9 Å². The number of benzene rings is 3. The molecule has 0 saturated heterocycles. The van der Waals surface area contributed by atoms with Gasteiger partial charge in [-0.15, -0.1) is 0 Å². The minimum absolute atomic E-state index is 0.222. The van der Waals surface area contributed by atoms with Crippen LogP contribution in [0.5, 0.6) is 0 Å². The third kappa shape index (κ3) is 3.98. The van der Waals surface area contributed by atoms with Crippen LogP contribution in [0.25, 0.3) is 21.3 Å². The van der Waals surface area contributed by atoms with E-state index >= 15 is 0 Å². The number of Topliss-reactive ketones (excluding diaryl/α,β-unsaturated/α-hetero) is 1. The lowest BCUT2D eigenvalue weighted by Crippen LogP contribution is -2.10. The summed E-state index contributed by atoms with van der Waals surface area (Å²) in [7, 11) is 0. The number of nitrogens with zero attached hydrogens (tertiary/aromatic N) is 1. The molecule has 0 amide bonds. The first-order valence-corrected chi connectivity index (χ1v) is 11.4. The van der Waals surface area contributed by atoms with E-state index in [0.717, 1.165) is 50.6 Å². The molecule has 0 atom stereocenters. The summed E-state index contributed by atoms with van der Waals surface area (Å²) in [5.74, 6) is 0.524. The molecule has 1 fully saturated rings. The van der Waals surface area contributed by atoms with Crippen LogP contribution in [0.15, 0.2) is 66.7 Å². The number of fused-ring (bicyclic) bond motifs is 1. The molecular formula is C25H21ClN2OS. The molecule has 5 heteroatoms. The zero-order valence-corrected chi connectivity index (χ0v) is 18.0. The topological polar surface area (TPSA) is 42.0 Å². The Balaban J connectivity index is 1.29. The van der Waals surface area contributed by atoms with Gasteiger partial charge in [-0.05, 0) is 54.3 Å². The van der Waals surface area contributed by atoms with Crippen LogP contribution in [0.4, 0.5) is 10.8 Å². The lowest BCUT2D eigenvalue weighted by molar-refractivity contribution is 0.0923. The van der Waals surface area contributed by atoms with Crippen molar-refractivity contribution in [3.63, 3.8) is 0 Å². The highest BCUT2D eigenvalue weighted by Crippen LogP contribution is 2.31. The Bertz CT molecular complexity index is 1190. The highest BCUT2D eigenvalue weighted by Gasteiger charge is 2.23. The third-order valence-corrected chi connectivity index (χ3v) is 6.90. The van der Waals surface area contributed by atoms with E-state index in [1.807, 2.05) is 54.6 Å². The van der Waals surface area contributed by atoms with Gasteiger partial charge in [-0.25, -0.2) is 4.98 Å². The Morgan fingerprint density at radius 1 is 0.933 bits per heavy atom. The number of hydrogen-bond acceptors (Lipinski definition) is 4. The molecule has 1 aliphatic rings. The van der Waals surface area contributed by atoms with Gasteiger partial charge in [0.25, 0.3) is 0 Å². The van der Waals surface area contributed by atoms with Crippen molar-refractivity contribution in [1.29, 1.82) is 0 Å². The molecule has 150 valence electrons. The first-order chi connectivity index (χ1) is 14.7. The van der Waals surface area contributed by atoms with E-state index in [1.165, 1.54) is 12.8 Å². The van der Waals surface area contributed by atoms with E-state index in [-0.39, 0.29) is 5.92 Å². The minimum Gasteiger partial charge on any atom is -0.332 e. The van der Waals surface area contributed by atoms with Crippen molar-refractivity contribution in [3.05, 3.63) is 77.3 Å². The number of nitrogens with one attached hydrogen (secondary N) is 1. The molecule has 5 rings (SSSR count). The van der Waals surface area contributed by atoms with Gasteiger partial charge in [-0.1, -0.05) is 72.2 Å². The number of ketones is 1. The Kier molecular flexibility index (Phi) is 5.28. The number of aromatic nitrogens is 1. The highest BCUT2D eigenvalue weighted by molar-refractivity contribution is 7.22. The summed E-state index contributed by atoms with van der Waals surface area (Å²) in [6.45, 7) is 0. The zero-order chi connectivity index (χ0) is 20.5. The van der Waals surface area contributed by atoms with Crippen molar-refractivity contribution in [2.24, 2.45) is 5.92 Å². The van der Waals surface area contributed by atoms with Gasteiger partial charge in [0, 0.05) is 22.2 Å². The van der Waals surface area contributed by atoms with Crippen LogP contribution in [-0.2, 0) is 0 Å². The maximum Gasteiger partial charge on any atom is 0.188 e. The SMILES string of the molecule is O=C(c1ccc(-c2ccc(Nc3nc4cc(Cl)ccc4s3)cc2)cc1)C1CCCC1. The molecule has 30 heavy (non-hydrogen) atoms. The van der Waals surface area contributed by atoms with E-state index in [4.69, 9.17) is 11.6 Å². The third-order valence-electron chi connectivity index (χ3n) is 5.71. The summed E-state index contributed by atoms with van der Waals surface area (Å²) >= 11 is 7.65. The molecule has 0 spiro atoms. The second kappa shape index (κ2) is 8.21. The zero-order valence-electron chi connectivity index (χ0n) is 16.4. The van der Waals surface area contributed by atoms with Gasteiger partial charge < -0.3 is 5.32 Å². The van der Waals surface area contributed by atoms with Crippen LogP contribution in [0.2, 0.25) is 5.02 Å². The smallest absolute Gasteiger partial charge is 0.188 e. The van der Waals surface area contributed by atoms with Crippen LogP contribution in [0.1, 0.15) is 36.0 Å². The number of carbonyl (C=O) groups excluding carboxylic acids is 1. The van der Waals surface area contributed by atoms with Crippen molar-refractivity contribution in [3.8, 4) is 11.1 Å². The molecule has 0 unspecified atom stereocenters. The maximum atomic E-state index is 12.6. The van der Waals surface area contributed by atoms with Gasteiger partial charge in [0.05, 0.1) is 10.2 Å². The van der Waals surface area contributed by atoms with Gasteiger partial charge in [-0.3, -0.25) is 4.79 Å². The molecular weight excluding hydrogens is 412 g/mol. The lowest BCUT2D eigenvalue weighted by atomic mass is 9.94. The molecule has 1 aliphatic carbocycles. The summed E-state index contributed by atoms with van der Waals surface area (Å²) in [6.07, 6.45) is 4.44. The monoisotopic (exact) mass is 432 g/mol. The molecule has 0 radical (unpaired) electrons. The summed E-state index contributed by atoms with van der Waals surface area (Å²) in [4.78, 5) is 17.2. The van der Waals surface area contributed by atoms with Crippen molar-refractivity contribution >= 4 is 49.8 Å². The van der Waals surface area contributed by atoms with Crippen LogP contribution < -0.4 is 5.32 Å². The average Bonchev–Trinajstić information content (AvgIpc) is 3.43. The van der Waals surface area contributed by atoms with Gasteiger partial charge in [0.2, 0.25) is 0 Å². The Morgan fingerprint density at radius 2 is 1.60 bits per heavy atom. The van der Waals surface area contributed by atoms with Crippen LogP contribution in [-0.4, -0.2) is 10.8 Å². The predicted octanol–water partition coefficient (Wildman–Crippen LogP) is 7.73. The number of carbonyl (C=O) groups is 1. The van der Waals surface area contributed by atoms with E-state index < -0.39 is 0 Å². The first kappa shape index (κ1) is 19.3. The van der Waals surface area contributed by atoms with E-state index in [2.05, 4.69) is 22.4 Å². The second-order valence-corrected chi connectivity index (χ2v) is 9.22. The second-order valence-electron chi connectivity index (χ2n) is 7.76. The molecule has 3 aromatic carbocycles. The van der Waals surface area contributed by atoms with Crippen LogP contribution in [0.3, 0.4) is 0 Å².